The third kappa shape index (κ3) is 4.49. The summed E-state index contributed by atoms with van der Waals surface area (Å²) in [4.78, 5) is 15.0. The third-order valence-electron chi connectivity index (χ3n) is 6.23. The number of hydrazone groups is 1. The molecule has 0 spiro atoms. The number of hydrogen-bond donors (Lipinski definition) is 0. The van der Waals surface area contributed by atoms with E-state index in [-0.39, 0.29) is 6.04 Å². The molecule has 0 saturated heterocycles. The maximum absolute atomic E-state index is 12.5. The Morgan fingerprint density at radius 3 is 2.47 bits per heavy atom. The predicted octanol–water partition coefficient (Wildman–Crippen LogP) is 8.04. The van der Waals surface area contributed by atoms with Gasteiger partial charge in [0.05, 0.1) is 22.2 Å². The zero-order valence-electron chi connectivity index (χ0n) is 19.2. The SMILES string of the molecule is Cc1ccc(C2=NN3C(C2)c2cc(Br)ccc2OC3c2ccc(OC(=O)c3ccc(Br)cc3)cc2)s1. The van der Waals surface area contributed by atoms with Crippen molar-refractivity contribution in [2.24, 2.45) is 5.10 Å². The average molecular weight is 624 g/mol. The highest BCUT2D eigenvalue weighted by Crippen LogP contribution is 2.48. The van der Waals surface area contributed by atoms with Crippen molar-refractivity contribution in [1.82, 2.24) is 5.01 Å². The van der Waals surface area contributed by atoms with Crippen molar-refractivity contribution in [1.29, 1.82) is 0 Å². The first-order valence-corrected chi connectivity index (χ1v) is 13.8. The van der Waals surface area contributed by atoms with E-state index in [4.69, 9.17) is 14.6 Å². The zero-order chi connectivity index (χ0) is 24.8. The van der Waals surface area contributed by atoms with Crippen LogP contribution < -0.4 is 9.47 Å². The molecule has 2 aliphatic heterocycles. The molecule has 4 aromatic rings. The molecule has 180 valence electrons. The summed E-state index contributed by atoms with van der Waals surface area (Å²) in [6.45, 7) is 2.11. The molecule has 1 aromatic heterocycles. The van der Waals surface area contributed by atoms with Crippen molar-refractivity contribution in [3.63, 3.8) is 0 Å². The van der Waals surface area contributed by atoms with Crippen molar-refractivity contribution in [3.05, 3.63) is 114 Å². The van der Waals surface area contributed by atoms with Gasteiger partial charge in [0.15, 0.2) is 0 Å². The topological polar surface area (TPSA) is 51.1 Å². The molecule has 3 heterocycles. The highest BCUT2D eigenvalue weighted by Gasteiger charge is 2.41. The largest absolute Gasteiger partial charge is 0.464 e. The summed E-state index contributed by atoms with van der Waals surface area (Å²) in [5, 5.41) is 7.09. The molecule has 0 saturated carbocycles. The number of carbonyl (C=O) groups excluding carboxylic acids is 1. The number of carbonyl (C=O) groups is 1. The molecule has 0 bridgehead atoms. The van der Waals surface area contributed by atoms with E-state index in [1.807, 2.05) is 36.4 Å². The first-order valence-electron chi connectivity index (χ1n) is 11.4. The van der Waals surface area contributed by atoms with E-state index in [1.165, 1.54) is 9.75 Å². The molecular formula is C28H20Br2N2O3S. The molecule has 6 rings (SSSR count). The number of ether oxygens (including phenoxy) is 2. The molecule has 0 N–H and O–H groups in total. The van der Waals surface area contributed by atoms with Crippen LogP contribution in [0.25, 0.3) is 0 Å². The van der Waals surface area contributed by atoms with Gasteiger partial charge in [-0.05, 0) is 85.8 Å². The number of aryl methyl sites for hydroxylation is 1. The van der Waals surface area contributed by atoms with Gasteiger partial charge < -0.3 is 9.47 Å². The Balaban J connectivity index is 1.29. The Hall–Kier alpha value is -2.94. The summed E-state index contributed by atoms with van der Waals surface area (Å²) >= 11 is 8.74. The zero-order valence-corrected chi connectivity index (χ0v) is 23.1. The van der Waals surface area contributed by atoms with E-state index in [1.54, 1.807) is 35.6 Å². The summed E-state index contributed by atoms with van der Waals surface area (Å²) in [5.74, 6) is 0.931. The minimum absolute atomic E-state index is 0.0727. The standard InChI is InChI=1S/C28H20Br2N2O3S/c1-16-2-13-26(36-16)23-15-24-22-14-20(30)9-12-25(22)35-27(32(24)31-23)17-5-10-21(11-6-17)34-28(33)18-3-7-19(29)8-4-18/h2-14,24,27H,15H2,1H3. The number of rotatable bonds is 4. The van der Waals surface area contributed by atoms with Gasteiger partial charge in [0.2, 0.25) is 6.23 Å². The van der Waals surface area contributed by atoms with Crippen LogP contribution in [0.4, 0.5) is 0 Å². The lowest BCUT2D eigenvalue weighted by atomic mass is 9.97. The van der Waals surface area contributed by atoms with Crippen LogP contribution >= 0.6 is 43.2 Å². The molecule has 2 unspecified atom stereocenters. The second-order valence-electron chi connectivity index (χ2n) is 8.67. The second kappa shape index (κ2) is 9.50. The number of thiophene rings is 1. The number of fused-ring (bicyclic) bond motifs is 3. The van der Waals surface area contributed by atoms with Crippen LogP contribution in [0.15, 0.2) is 92.9 Å². The maximum Gasteiger partial charge on any atom is 0.343 e. The molecule has 3 aromatic carbocycles. The molecule has 0 aliphatic carbocycles. The summed E-state index contributed by atoms with van der Waals surface area (Å²) in [5.41, 5.74) is 3.61. The van der Waals surface area contributed by atoms with Gasteiger partial charge in [-0.1, -0.05) is 31.9 Å². The number of benzene rings is 3. The van der Waals surface area contributed by atoms with Gasteiger partial charge in [0, 0.05) is 31.4 Å². The van der Waals surface area contributed by atoms with Crippen molar-refractivity contribution in [2.45, 2.75) is 25.6 Å². The van der Waals surface area contributed by atoms with Crippen molar-refractivity contribution >= 4 is 54.9 Å². The van der Waals surface area contributed by atoms with E-state index in [9.17, 15) is 4.79 Å². The van der Waals surface area contributed by atoms with Crippen molar-refractivity contribution < 1.29 is 14.3 Å². The normalized spacial score (nSPS) is 18.2. The average Bonchev–Trinajstić information content (AvgIpc) is 3.51. The molecular weight excluding hydrogens is 604 g/mol. The fourth-order valence-corrected chi connectivity index (χ4v) is 5.97. The van der Waals surface area contributed by atoms with Crippen LogP contribution in [-0.4, -0.2) is 16.7 Å². The third-order valence-corrected chi connectivity index (χ3v) is 8.30. The lowest BCUT2D eigenvalue weighted by Gasteiger charge is -2.38. The summed E-state index contributed by atoms with van der Waals surface area (Å²) in [7, 11) is 0. The Morgan fingerprint density at radius 2 is 1.75 bits per heavy atom. The molecule has 0 radical (unpaired) electrons. The minimum atomic E-state index is -0.399. The first-order chi connectivity index (χ1) is 17.4. The van der Waals surface area contributed by atoms with Crippen molar-refractivity contribution in [3.8, 4) is 11.5 Å². The van der Waals surface area contributed by atoms with E-state index in [0.717, 1.165) is 38.0 Å². The number of hydrogen-bond acceptors (Lipinski definition) is 6. The maximum atomic E-state index is 12.5. The van der Waals surface area contributed by atoms with Crippen LogP contribution in [-0.2, 0) is 0 Å². The van der Waals surface area contributed by atoms with Crippen LogP contribution in [0.5, 0.6) is 11.5 Å². The Kier molecular flexibility index (Phi) is 6.19. The van der Waals surface area contributed by atoms with Gasteiger partial charge >= 0.3 is 5.97 Å². The van der Waals surface area contributed by atoms with Crippen LogP contribution in [0, 0.1) is 6.92 Å². The molecule has 0 amide bonds. The fraction of sp³-hybridized carbons (Fsp3) is 0.143. The highest BCUT2D eigenvalue weighted by atomic mass is 79.9. The van der Waals surface area contributed by atoms with Gasteiger partial charge in [-0.2, -0.15) is 5.10 Å². The highest BCUT2D eigenvalue weighted by molar-refractivity contribution is 9.10. The van der Waals surface area contributed by atoms with E-state index in [2.05, 4.69) is 62.0 Å². The molecule has 36 heavy (non-hydrogen) atoms. The first kappa shape index (κ1) is 23.5. The summed E-state index contributed by atoms with van der Waals surface area (Å²) in [6.07, 6.45) is 0.421. The second-order valence-corrected chi connectivity index (χ2v) is 11.8. The Labute approximate surface area is 229 Å². The van der Waals surface area contributed by atoms with E-state index < -0.39 is 12.2 Å². The van der Waals surface area contributed by atoms with Gasteiger partial charge in [-0.3, -0.25) is 0 Å². The lowest BCUT2D eigenvalue weighted by Crippen LogP contribution is -2.33. The summed E-state index contributed by atoms with van der Waals surface area (Å²) < 4.78 is 14.0. The Bertz CT molecular complexity index is 1480. The fourth-order valence-electron chi connectivity index (χ4n) is 4.47. The number of esters is 1. The molecule has 8 heteroatoms. The predicted molar refractivity (Wildman–Crippen MR) is 148 cm³/mol. The number of halogens is 2. The van der Waals surface area contributed by atoms with Gasteiger partial charge in [-0.15, -0.1) is 11.3 Å². The monoisotopic (exact) mass is 622 g/mol. The van der Waals surface area contributed by atoms with Gasteiger partial charge in [0.1, 0.15) is 11.5 Å². The van der Waals surface area contributed by atoms with Crippen LogP contribution in [0.2, 0.25) is 0 Å². The Morgan fingerprint density at radius 1 is 1.00 bits per heavy atom. The lowest BCUT2D eigenvalue weighted by molar-refractivity contribution is -0.0190. The van der Waals surface area contributed by atoms with Crippen molar-refractivity contribution in [2.75, 3.05) is 0 Å². The van der Waals surface area contributed by atoms with Gasteiger partial charge in [-0.25, -0.2) is 9.80 Å². The van der Waals surface area contributed by atoms with Crippen LogP contribution in [0.3, 0.4) is 0 Å². The molecule has 2 atom stereocenters. The minimum Gasteiger partial charge on any atom is -0.464 e. The molecule has 0 fully saturated rings. The molecule has 5 nitrogen and oxygen atoms in total. The van der Waals surface area contributed by atoms with Crippen LogP contribution in [0.1, 0.15) is 49.9 Å². The van der Waals surface area contributed by atoms with E-state index in [0.29, 0.717) is 11.3 Å². The quantitative estimate of drug-likeness (QED) is 0.170. The number of nitrogens with zero attached hydrogens (tertiary/aromatic N) is 2. The summed E-state index contributed by atoms with van der Waals surface area (Å²) in [6, 6.07) is 25.0. The molecule has 2 aliphatic rings. The van der Waals surface area contributed by atoms with E-state index >= 15 is 0 Å². The van der Waals surface area contributed by atoms with Gasteiger partial charge in [0.25, 0.3) is 0 Å². The smallest absolute Gasteiger partial charge is 0.343 e.